The highest BCUT2D eigenvalue weighted by Crippen LogP contribution is 2.41. The Morgan fingerprint density at radius 1 is 1.32 bits per heavy atom. The summed E-state index contributed by atoms with van der Waals surface area (Å²) in [5.41, 5.74) is 7.42. The van der Waals surface area contributed by atoms with E-state index >= 15 is 0 Å². The third kappa shape index (κ3) is 3.32. The summed E-state index contributed by atoms with van der Waals surface area (Å²) in [7, 11) is 0. The average molecular weight is 407 g/mol. The number of urea groups is 1. The minimum atomic E-state index is -0.805. The van der Waals surface area contributed by atoms with Crippen LogP contribution < -0.4 is 22.4 Å². The van der Waals surface area contributed by atoms with Gasteiger partial charge in [0.15, 0.2) is 0 Å². The summed E-state index contributed by atoms with van der Waals surface area (Å²) in [6.45, 7) is 7.49. The van der Waals surface area contributed by atoms with E-state index in [0.717, 1.165) is 24.3 Å². The van der Waals surface area contributed by atoms with Crippen LogP contribution in [-0.2, 0) is 23.4 Å². The molecule has 0 bridgehead atoms. The zero-order valence-electron chi connectivity index (χ0n) is 16.5. The number of primary amides is 1. The molecule has 2 aromatic rings. The van der Waals surface area contributed by atoms with E-state index in [4.69, 9.17) is 5.73 Å². The van der Waals surface area contributed by atoms with Gasteiger partial charge < -0.3 is 5.73 Å². The highest BCUT2D eigenvalue weighted by Gasteiger charge is 2.43. The number of hydrogen-bond donors (Lipinski definition) is 2. The summed E-state index contributed by atoms with van der Waals surface area (Å²) in [6.07, 6.45) is 2.34. The monoisotopic (exact) mass is 407 g/mol. The van der Waals surface area contributed by atoms with E-state index in [2.05, 4.69) is 5.43 Å². The molecule has 9 nitrogen and oxygen atoms in total. The number of nitrogens with zero attached hydrogens (tertiary/aromatic N) is 3. The Morgan fingerprint density at radius 2 is 1.96 bits per heavy atom. The van der Waals surface area contributed by atoms with Crippen molar-refractivity contribution < 1.29 is 9.59 Å². The molecule has 1 aliphatic rings. The normalized spacial score (nSPS) is 14.9. The molecule has 1 saturated carbocycles. The number of hydrogen-bond acceptors (Lipinski definition) is 5. The fourth-order valence-corrected chi connectivity index (χ4v) is 4.65. The Morgan fingerprint density at radius 3 is 2.46 bits per heavy atom. The van der Waals surface area contributed by atoms with E-state index in [1.807, 2.05) is 13.8 Å². The first-order valence-electron chi connectivity index (χ1n) is 9.23. The van der Waals surface area contributed by atoms with Gasteiger partial charge in [-0.2, -0.15) is 0 Å². The quantitative estimate of drug-likeness (QED) is 0.728. The Labute approximate surface area is 165 Å². The summed E-state index contributed by atoms with van der Waals surface area (Å²) in [6, 6.07) is -0.805. The number of rotatable bonds is 5. The van der Waals surface area contributed by atoms with Crippen LogP contribution in [0.15, 0.2) is 9.59 Å². The zero-order chi connectivity index (χ0) is 20.8. The summed E-state index contributed by atoms with van der Waals surface area (Å²) >= 11 is 1.28. The molecule has 152 valence electrons. The fourth-order valence-electron chi connectivity index (χ4n) is 3.35. The number of aromatic nitrogens is 2. The van der Waals surface area contributed by atoms with E-state index in [-0.39, 0.29) is 17.8 Å². The zero-order valence-corrected chi connectivity index (χ0v) is 17.3. The summed E-state index contributed by atoms with van der Waals surface area (Å²) in [5.74, 6) is -0.426. The highest BCUT2D eigenvalue weighted by atomic mass is 32.1. The molecule has 0 aliphatic heterocycles. The molecule has 3 rings (SSSR count). The van der Waals surface area contributed by atoms with Crippen molar-refractivity contribution >= 4 is 33.5 Å². The van der Waals surface area contributed by atoms with Crippen LogP contribution in [0.4, 0.5) is 4.79 Å². The minimum absolute atomic E-state index is 0.0249. The van der Waals surface area contributed by atoms with Crippen molar-refractivity contribution in [1.82, 2.24) is 19.6 Å². The van der Waals surface area contributed by atoms with E-state index in [1.54, 1.807) is 11.5 Å². The molecule has 2 heterocycles. The molecule has 0 unspecified atom stereocenters. The van der Waals surface area contributed by atoms with Crippen LogP contribution in [0, 0.1) is 6.92 Å². The Kier molecular flexibility index (Phi) is 5.09. The van der Waals surface area contributed by atoms with Crippen LogP contribution in [0.2, 0.25) is 0 Å². The predicted octanol–water partition coefficient (Wildman–Crippen LogP) is 1.38. The van der Waals surface area contributed by atoms with Crippen LogP contribution in [-0.4, -0.2) is 26.1 Å². The maximum Gasteiger partial charge on any atom is 0.333 e. The molecule has 3 N–H and O–H groups in total. The van der Waals surface area contributed by atoms with Crippen LogP contribution in [0.3, 0.4) is 0 Å². The van der Waals surface area contributed by atoms with Crippen LogP contribution in [0.1, 0.15) is 50.5 Å². The largest absolute Gasteiger partial charge is 0.350 e. The molecular formula is C18H25N5O4S. The maximum absolute atomic E-state index is 13.2. The highest BCUT2D eigenvalue weighted by molar-refractivity contribution is 7.18. The molecule has 3 amide bonds. The lowest BCUT2D eigenvalue weighted by Crippen LogP contribution is -2.47. The number of aryl methyl sites for hydroxylation is 2. The van der Waals surface area contributed by atoms with Crippen LogP contribution in [0.25, 0.3) is 10.2 Å². The number of nitrogens with one attached hydrogen (secondary N) is 1. The third-order valence-corrected chi connectivity index (χ3v) is 6.43. The van der Waals surface area contributed by atoms with Gasteiger partial charge in [0.1, 0.15) is 4.83 Å². The van der Waals surface area contributed by atoms with E-state index in [0.29, 0.717) is 27.2 Å². The second-order valence-electron chi connectivity index (χ2n) is 7.49. The van der Waals surface area contributed by atoms with Gasteiger partial charge in [0.25, 0.3) is 5.56 Å². The lowest BCUT2D eigenvalue weighted by Gasteiger charge is -2.19. The number of fused-ring (bicyclic) bond motifs is 1. The molecule has 10 heteroatoms. The van der Waals surface area contributed by atoms with E-state index in [1.165, 1.54) is 22.8 Å². The van der Waals surface area contributed by atoms with Gasteiger partial charge in [-0.3, -0.25) is 24.1 Å². The lowest BCUT2D eigenvalue weighted by atomic mass is 10.2. The van der Waals surface area contributed by atoms with Gasteiger partial charge in [-0.25, -0.2) is 14.6 Å². The van der Waals surface area contributed by atoms with Crippen molar-refractivity contribution in [3.63, 3.8) is 0 Å². The average Bonchev–Trinajstić information content (AvgIpc) is 3.24. The van der Waals surface area contributed by atoms with Crippen LogP contribution in [0.5, 0.6) is 0 Å². The third-order valence-electron chi connectivity index (χ3n) is 5.13. The SMILES string of the molecule is CCCn1c(=O)n(C2(C)CC2)c(=O)c2c(C)c(CN(NC(C)=O)C(N)=O)sc21. The van der Waals surface area contributed by atoms with E-state index in [9.17, 15) is 19.2 Å². The van der Waals surface area contributed by atoms with Crippen molar-refractivity contribution in [2.45, 2.75) is 65.6 Å². The topological polar surface area (TPSA) is 119 Å². The summed E-state index contributed by atoms with van der Waals surface area (Å²) < 4.78 is 3.03. The molecule has 28 heavy (non-hydrogen) atoms. The Hall–Kier alpha value is -2.62. The Bertz CT molecular complexity index is 1080. The number of carbonyl (C=O) groups is 2. The van der Waals surface area contributed by atoms with Gasteiger partial charge in [0, 0.05) is 18.3 Å². The number of carbonyl (C=O) groups excluding carboxylic acids is 2. The van der Waals surface area contributed by atoms with Crippen molar-refractivity contribution in [3.8, 4) is 0 Å². The molecule has 1 fully saturated rings. The van der Waals surface area contributed by atoms with Gasteiger partial charge >= 0.3 is 11.7 Å². The molecule has 0 saturated heterocycles. The Balaban J connectivity index is 2.22. The minimum Gasteiger partial charge on any atom is -0.350 e. The predicted molar refractivity (Wildman–Crippen MR) is 107 cm³/mol. The number of hydrazine groups is 1. The molecule has 1 aliphatic carbocycles. The van der Waals surface area contributed by atoms with Gasteiger partial charge in [-0.15, -0.1) is 11.3 Å². The first-order chi connectivity index (χ1) is 13.1. The molecular weight excluding hydrogens is 382 g/mol. The van der Waals surface area contributed by atoms with Gasteiger partial charge in [-0.1, -0.05) is 6.92 Å². The van der Waals surface area contributed by atoms with Crippen molar-refractivity contribution in [2.75, 3.05) is 0 Å². The summed E-state index contributed by atoms with van der Waals surface area (Å²) in [5, 5.41) is 1.50. The second-order valence-corrected chi connectivity index (χ2v) is 8.58. The standard InChI is InChI=1S/C18H25N5O4S/c1-5-8-21-15-13(14(25)23(17(21)27)18(4)6-7-18)10(2)12(28-15)9-22(16(19)26)20-11(3)24/h5-9H2,1-4H3,(H2,19,26)(H,20,24). The maximum atomic E-state index is 13.2. The smallest absolute Gasteiger partial charge is 0.333 e. The number of nitrogens with two attached hydrogens (primary N) is 1. The second kappa shape index (κ2) is 7.08. The number of amides is 3. The lowest BCUT2D eigenvalue weighted by molar-refractivity contribution is -0.122. The summed E-state index contributed by atoms with van der Waals surface area (Å²) in [4.78, 5) is 50.6. The van der Waals surface area contributed by atoms with E-state index < -0.39 is 17.5 Å². The first-order valence-corrected chi connectivity index (χ1v) is 10.0. The van der Waals surface area contributed by atoms with Gasteiger partial charge in [-0.05, 0) is 38.7 Å². The fraction of sp³-hybridized carbons (Fsp3) is 0.556. The molecule has 0 atom stereocenters. The molecule has 2 aromatic heterocycles. The van der Waals surface area contributed by atoms with Crippen molar-refractivity contribution in [3.05, 3.63) is 31.3 Å². The van der Waals surface area contributed by atoms with Crippen molar-refractivity contribution in [1.29, 1.82) is 0 Å². The van der Waals surface area contributed by atoms with Crippen LogP contribution >= 0.6 is 11.3 Å². The molecule has 0 spiro atoms. The molecule has 0 radical (unpaired) electrons. The van der Waals surface area contributed by atoms with Crippen molar-refractivity contribution in [2.24, 2.45) is 5.73 Å². The first kappa shape index (κ1) is 20.1. The number of thiophene rings is 1. The molecule has 0 aromatic carbocycles. The van der Waals surface area contributed by atoms with Gasteiger partial charge in [0.2, 0.25) is 5.91 Å². The van der Waals surface area contributed by atoms with Gasteiger partial charge in [0.05, 0.1) is 17.5 Å².